The van der Waals surface area contributed by atoms with Gasteiger partial charge in [-0.3, -0.25) is 10.1 Å². The van der Waals surface area contributed by atoms with Crippen LogP contribution in [0.1, 0.15) is 12.5 Å². The number of hydrogen-bond donors (Lipinski definition) is 0. The summed E-state index contributed by atoms with van der Waals surface area (Å²) in [6.45, 7) is 4.66. The molecule has 2 aromatic rings. The van der Waals surface area contributed by atoms with Crippen molar-refractivity contribution in [2.24, 2.45) is 0 Å². The van der Waals surface area contributed by atoms with Gasteiger partial charge in [0.15, 0.2) is 5.75 Å². The van der Waals surface area contributed by atoms with Gasteiger partial charge in [-0.2, -0.15) is 0 Å². The van der Waals surface area contributed by atoms with Crippen molar-refractivity contribution in [1.29, 1.82) is 0 Å². The molecule has 8 nitrogen and oxygen atoms in total. The zero-order valence-corrected chi connectivity index (χ0v) is 15.7. The van der Waals surface area contributed by atoms with E-state index in [9.17, 15) is 14.9 Å². The first-order chi connectivity index (χ1) is 13.6. The van der Waals surface area contributed by atoms with Crippen molar-refractivity contribution in [2.45, 2.75) is 13.5 Å². The molecular formula is C20H23N3O5. The van der Waals surface area contributed by atoms with Crippen LogP contribution in [0.2, 0.25) is 0 Å². The van der Waals surface area contributed by atoms with Gasteiger partial charge >= 0.3 is 11.8 Å². The molecule has 0 N–H and O–H groups in total. The van der Waals surface area contributed by atoms with Crippen LogP contribution in [-0.4, -0.2) is 48.7 Å². The molecule has 0 bridgehead atoms. The number of carbonyl (C=O) groups excluding carboxylic acids is 1. The van der Waals surface area contributed by atoms with Gasteiger partial charge < -0.3 is 19.3 Å². The highest BCUT2D eigenvalue weighted by Crippen LogP contribution is 2.32. The Bertz CT molecular complexity index is 820. The largest absolute Gasteiger partial charge is 0.487 e. The predicted octanol–water partition coefficient (Wildman–Crippen LogP) is 3.45. The maximum Gasteiger partial charge on any atom is 0.410 e. The van der Waals surface area contributed by atoms with Crippen LogP contribution in [-0.2, 0) is 11.3 Å². The third-order valence-corrected chi connectivity index (χ3v) is 4.55. The average molecular weight is 385 g/mol. The van der Waals surface area contributed by atoms with Crippen LogP contribution in [0, 0.1) is 10.1 Å². The number of nitrogens with zero attached hydrogens (tertiary/aromatic N) is 3. The van der Waals surface area contributed by atoms with Crippen molar-refractivity contribution in [3.63, 3.8) is 0 Å². The third kappa shape index (κ3) is 4.70. The lowest BCUT2D eigenvalue weighted by Gasteiger charge is -2.35. The summed E-state index contributed by atoms with van der Waals surface area (Å²) >= 11 is 0. The molecule has 1 amide bonds. The lowest BCUT2D eigenvalue weighted by atomic mass is 10.2. The lowest BCUT2D eigenvalue weighted by molar-refractivity contribution is -0.385. The highest BCUT2D eigenvalue weighted by atomic mass is 16.6. The van der Waals surface area contributed by atoms with Crippen LogP contribution in [0.5, 0.6) is 5.75 Å². The SMILES string of the molecule is CCOc1cc(N2CCN(C(=O)OCc3ccccc3)CC2)ccc1[N+](=O)[O-]. The van der Waals surface area contributed by atoms with E-state index in [1.54, 1.807) is 24.0 Å². The Labute approximate surface area is 163 Å². The molecule has 0 spiro atoms. The fourth-order valence-corrected chi connectivity index (χ4v) is 3.08. The predicted molar refractivity (Wildman–Crippen MR) is 105 cm³/mol. The Balaban J connectivity index is 1.56. The Morgan fingerprint density at radius 2 is 1.82 bits per heavy atom. The zero-order valence-electron chi connectivity index (χ0n) is 15.7. The minimum absolute atomic E-state index is 0.0475. The molecule has 1 fully saturated rings. The fraction of sp³-hybridized carbons (Fsp3) is 0.350. The summed E-state index contributed by atoms with van der Waals surface area (Å²) in [5.41, 5.74) is 1.74. The number of anilines is 1. The molecule has 0 saturated carbocycles. The second-order valence-corrected chi connectivity index (χ2v) is 6.36. The van der Waals surface area contributed by atoms with Crippen molar-refractivity contribution >= 4 is 17.5 Å². The molecule has 0 atom stereocenters. The second kappa shape index (κ2) is 9.07. The Hall–Kier alpha value is -3.29. The van der Waals surface area contributed by atoms with E-state index in [1.807, 2.05) is 30.3 Å². The number of carbonyl (C=O) groups is 1. The van der Waals surface area contributed by atoms with E-state index in [-0.39, 0.29) is 24.1 Å². The minimum Gasteiger partial charge on any atom is -0.487 e. The number of nitro groups is 1. The highest BCUT2D eigenvalue weighted by molar-refractivity contribution is 5.68. The van der Waals surface area contributed by atoms with E-state index < -0.39 is 4.92 Å². The van der Waals surface area contributed by atoms with E-state index in [0.29, 0.717) is 32.8 Å². The Morgan fingerprint density at radius 1 is 1.11 bits per heavy atom. The number of nitro benzene ring substituents is 1. The van der Waals surface area contributed by atoms with Gasteiger partial charge in [0, 0.05) is 44.0 Å². The quantitative estimate of drug-likeness (QED) is 0.559. The summed E-state index contributed by atoms with van der Waals surface area (Å²) in [4.78, 5) is 26.7. The van der Waals surface area contributed by atoms with Crippen LogP contribution in [0.4, 0.5) is 16.2 Å². The van der Waals surface area contributed by atoms with Crippen molar-refractivity contribution in [3.05, 3.63) is 64.2 Å². The molecule has 8 heteroatoms. The fourth-order valence-electron chi connectivity index (χ4n) is 3.08. The topological polar surface area (TPSA) is 85.2 Å². The van der Waals surface area contributed by atoms with Gasteiger partial charge in [-0.25, -0.2) is 4.79 Å². The molecule has 0 aliphatic carbocycles. The van der Waals surface area contributed by atoms with Gasteiger partial charge in [-0.15, -0.1) is 0 Å². The van der Waals surface area contributed by atoms with Crippen molar-refractivity contribution < 1.29 is 19.2 Å². The minimum atomic E-state index is -0.449. The number of piperazine rings is 1. The summed E-state index contributed by atoms with van der Waals surface area (Å²) in [6.07, 6.45) is -0.331. The molecule has 28 heavy (non-hydrogen) atoms. The van der Waals surface area contributed by atoms with Gasteiger partial charge in [-0.05, 0) is 18.6 Å². The molecule has 0 aromatic heterocycles. The molecule has 1 aliphatic heterocycles. The maximum atomic E-state index is 12.3. The molecular weight excluding hydrogens is 362 g/mol. The van der Waals surface area contributed by atoms with Gasteiger partial charge in [0.05, 0.1) is 11.5 Å². The van der Waals surface area contributed by atoms with Crippen LogP contribution < -0.4 is 9.64 Å². The molecule has 2 aromatic carbocycles. The van der Waals surface area contributed by atoms with E-state index in [1.165, 1.54) is 6.07 Å². The van der Waals surface area contributed by atoms with Gasteiger partial charge in [0.2, 0.25) is 0 Å². The summed E-state index contributed by atoms with van der Waals surface area (Å²) in [5.74, 6) is 0.259. The van der Waals surface area contributed by atoms with Crippen molar-refractivity contribution in [3.8, 4) is 5.75 Å². The number of amides is 1. The van der Waals surface area contributed by atoms with E-state index in [2.05, 4.69) is 4.90 Å². The van der Waals surface area contributed by atoms with Crippen LogP contribution >= 0.6 is 0 Å². The highest BCUT2D eigenvalue weighted by Gasteiger charge is 2.24. The summed E-state index contributed by atoms with van der Waals surface area (Å²) in [7, 11) is 0. The summed E-state index contributed by atoms with van der Waals surface area (Å²) in [5, 5.41) is 11.1. The average Bonchev–Trinajstić information content (AvgIpc) is 2.73. The number of benzene rings is 2. The molecule has 0 radical (unpaired) electrons. The molecule has 148 valence electrons. The molecule has 3 rings (SSSR count). The van der Waals surface area contributed by atoms with E-state index >= 15 is 0 Å². The van der Waals surface area contributed by atoms with E-state index in [0.717, 1.165) is 11.3 Å². The summed E-state index contributed by atoms with van der Waals surface area (Å²) < 4.78 is 10.8. The molecule has 0 unspecified atom stereocenters. The standard InChI is InChI=1S/C20H23N3O5/c1-2-27-19-14-17(8-9-18(19)23(25)26)21-10-12-22(13-11-21)20(24)28-15-16-6-4-3-5-7-16/h3-9,14H,2,10-13,15H2,1H3. The first-order valence-electron chi connectivity index (χ1n) is 9.20. The van der Waals surface area contributed by atoms with Gasteiger partial charge in [0.1, 0.15) is 6.61 Å². The molecule has 1 heterocycles. The second-order valence-electron chi connectivity index (χ2n) is 6.36. The van der Waals surface area contributed by atoms with Crippen LogP contribution in [0.25, 0.3) is 0 Å². The molecule has 1 saturated heterocycles. The zero-order chi connectivity index (χ0) is 19.9. The third-order valence-electron chi connectivity index (χ3n) is 4.55. The van der Waals surface area contributed by atoms with Crippen molar-refractivity contribution in [2.75, 3.05) is 37.7 Å². The first-order valence-corrected chi connectivity index (χ1v) is 9.20. The normalized spacial score (nSPS) is 13.9. The number of rotatable bonds is 6. The Morgan fingerprint density at radius 3 is 2.46 bits per heavy atom. The number of hydrogen-bond acceptors (Lipinski definition) is 6. The van der Waals surface area contributed by atoms with Crippen molar-refractivity contribution in [1.82, 2.24) is 4.90 Å². The Kier molecular flexibility index (Phi) is 6.31. The maximum absolute atomic E-state index is 12.3. The summed E-state index contributed by atoms with van der Waals surface area (Å²) in [6, 6.07) is 14.4. The van der Waals surface area contributed by atoms with Gasteiger partial charge in [0.25, 0.3) is 0 Å². The molecule has 1 aliphatic rings. The number of ether oxygens (including phenoxy) is 2. The van der Waals surface area contributed by atoms with E-state index in [4.69, 9.17) is 9.47 Å². The van der Waals surface area contributed by atoms with Crippen LogP contribution in [0.15, 0.2) is 48.5 Å². The first kappa shape index (κ1) is 19.5. The smallest absolute Gasteiger partial charge is 0.410 e. The lowest BCUT2D eigenvalue weighted by Crippen LogP contribution is -2.48. The van der Waals surface area contributed by atoms with Gasteiger partial charge in [-0.1, -0.05) is 30.3 Å². The van der Waals surface area contributed by atoms with Crippen LogP contribution in [0.3, 0.4) is 0 Å². The monoisotopic (exact) mass is 385 g/mol.